The molecule has 0 saturated carbocycles. The Morgan fingerprint density at radius 2 is 0.975 bits per heavy atom. The van der Waals surface area contributed by atoms with Crippen LogP contribution in [0.15, 0.2) is 160 Å². The first-order chi connectivity index (χ1) is 19.8. The summed E-state index contributed by atoms with van der Waals surface area (Å²) in [6, 6.07) is 51.7. The number of rotatable bonds is 4. The molecule has 7 aromatic rings. The van der Waals surface area contributed by atoms with Gasteiger partial charge in [-0.05, 0) is 69.1 Å². The molecule has 1 aliphatic rings. The fourth-order valence-electron chi connectivity index (χ4n) is 5.85. The largest absolute Gasteiger partial charge is 0.456 e. The molecule has 2 heteroatoms. The Hall–Kier alpha value is -4.79. The van der Waals surface area contributed by atoms with Crippen LogP contribution in [-0.4, -0.2) is 0 Å². The van der Waals surface area contributed by atoms with Crippen molar-refractivity contribution in [1.29, 1.82) is 0 Å². The zero-order valence-corrected chi connectivity index (χ0v) is 22.5. The van der Waals surface area contributed by atoms with E-state index in [1.165, 1.54) is 48.4 Å². The van der Waals surface area contributed by atoms with Crippen LogP contribution in [-0.2, 0) is 0 Å². The Bertz CT molecular complexity index is 2020. The molecule has 0 spiro atoms. The smallest absolute Gasteiger partial charge is 0.135 e. The quantitative estimate of drug-likeness (QED) is 0.225. The molecule has 0 atom stereocenters. The highest BCUT2D eigenvalue weighted by molar-refractivity contribution is 7.99. The minimum Gasteiger partial charge on any atom is -0.456 e. The minimum absolute atomic E-state index is 0.873. The Kier molecular flexibility index (Phi) is 5.46. The SMILES string of the molecule is c1ccc(-c2ccc(-c3ccccc3-c3ccc(-c4ccc5c6c(cccc46)-c4ccccc4S5)o3)cc2)cc1. The highest BCUT2D eigenvalue weighted by Gasteiger charge is 2.21. The van der Waals surface area contributed by atoms with E-state index in [0.717, 1.165) is 28.2 Å². The summed E-state index contributed by atoms with van der Waals surface area (Å²) in [5.74, 6) is 1.76. The van der Waals surface area contributed by atoms with Crippen molar-refractivity contribution in [2.24, 2.45) is 0 Å². The Labute approximate surface area is 237 Å². The first-order valence-corrected chi connectivity index (χ1v) is 14.3. The van der Waals surface area contributed by atoms with Gasteiger partial charge in [-0.15, -0.1) is 0 Å². The molecule has 1 aromatic heterocycles. The van der Waals surface area contributed by atoms with E-state index in [9.17, 15) is 0 Å². The maximum absolute atomic E-state index is 6.61. The van der Waals surface area contributed by atoms with Crippen LogP contribution in [0.4, 0.5) is 0 Å². The molecule has 2 heterocycles. The van der Waals surface area contributed by atoms with Crippen LogP contribution in [0.2, 0.25) is 0 Å². The van der Waals surface area contributed by atoms with Gasteiger partial charge in [0, 0.05) is 26.3 Å². The average Bonchev–Trinajstić information content (AvgIpc) is 3.52. The lowest BCUT2D eigenvalue weighted by molar-refractivity contribution is 0.598. The van der Waals surface area contributed by atoms with Crippen molar-refractivity contribution < 1.29 is 4.42 Å². The molecule has 0 bridgehead atoms. The van der Waals surface area contributed by atoms with Gasteiger partial charge in [0.15, 0.2) is 0 Å². The molecule has 6 aromatic carbocycles. The van der Waals surface area contributed by atoms with E-state index in [4.69, 9.17) is 4.42 Å². The molecule has 0 amide bonds. The molecule has 0 aliphatic carbocycles. The van der Waals surface area contributed by atoms with Crippen molar-refractivity contribution in [2.45, 2.75) is 9.79 Å². The summed E-state index contributed by atoms with van der Waals surface area (Å²) < 4.78 is 6.61. The van der Waals surface area contributed by atoms with E-state index in [1.54, 1.807) is 0 Å². The number of hydrogen-bond acceptors (Lipinski definition) is 2. The van der Waals surface area contributed by atoms with Crippen LogP contribution in [0.1, 0.15) is 0 Å². The maximum atomic E-state index is 6.61. The summed E-state index contributed by atoms with van der Waals surface area (Å²) in [5, 5.41) is 2.53. The van der Waals surface area contributed by atoms with E-state index < -0.39 is 0 Å². The Balaban J connectivity index is 1.20. The first kappa shape index (κ1) is 23.1. The third kappa shape index (κ3) is 3.80. The van der Waals surface area contributed by atoms with Crippen LogP contribution in [0.25, 0.3) is 66.8 Å². The maximum Gasteiger partial charge on any atom is 0.135 e. The van der Waals surface area contributed by atoms with Crippen LogP contribution < -0.4 is 0 Å². The summed E-state index contributed by atoms with van der Waals surface area (Å²) in [5.41, 5.74) is 9.57. The monoisotopic (exact) mass is 528 g/mol. The van der Waals surface area contributed by atoms with E-state index in [-0.39, 0.29) is 0 Å². The average molecular weight is 529 g/mol. The molecule has 0 radical (unpaired) electrons. The standard InChI is InChI=1S/C38H24OS/c1-2-9-25(10-3-1)26-17-19-27(20-18-26)28-11-4-5-12-29(28)34-22-23-35(39-34)30-21-24-37-38-32(30)14-8-15-33(38)31-13-6-7-16-36(31)40-37/h1-24H. The first-order valence-electron chi connectivity index (χ1n) is 13.5. The van der Waals surface area contributed by atoms with Crippen molar-refractivity contribution in [1.82, 2.24) is 0 Å². The Morgan fingerprint density at radius 3 is 1.80 bits per heavy atom. The van der Waals surface area contributed by atoms with E-state index in [1.807, 2.05) is 11.8 Å². The highest BCUT2D eigenvalue weighted by atomic mass is 32.2. The summed E-state index contributed by atoms with van der Waals surface area (Å²) in [4.78, 5) is 2.60. The molecule has 0 N–H and O–H groups in total. The van der Waals surface area contributed by atoms with Gasteiger partial charge in [-0.3, -0.25) is 0 Å². The predicted molar refractivity (Wildman–Crippen MR) is 168 cm³/mol. The molecule has 40 heavy (non-hydrogen) atoms. The Morgan fingerprint density at radius 1 is 0.350 bits per heavy atom. The second-order valence-corrected chi connectivity index (χ2v) is 11.2. The van der Waals surface area contributed by atoms with Crippen LogP contribution in [0, 0.1) is 0 Å². The van der Waals surface area contributed by atoms with Crippen molar-refractivity contribution in [3.05, 3.63) is 146 Å². The van der Waals surface area contributed by atoms with Crippen LogP contribution in [0.5, 0.6) is 0 Å². The molecular weight excluding hydrogens is 504 g/mol. The van der Waals surface area contributed by atoms with Crippen molar-refractivity contribution in [3.63, 3.8) is 0 Å². The van der Waals surface area contributed by atoms with E-state index in [2.05, 4.69) is 146 Å². The van der Waals surface area contributed by atoms with Crippen molar-refractivity contribution >= 4 is 22.5 Å². The third-order valence-corrected chi connectivity index (χ3v) is 8.90. The topological polar surface area (TPSA) is 13.1 Å². The molecule has 1 nitrogen and oxygen atoms in total. The summed E-state index contributed by atoms with van der Waals surface area (Å²) >= 11 is 1.85. The minimum atomic E-state index is 0.873. The van der Waals surface area contributed by atoms with Gasteiger partial charge >= 0.3 is 0 Å². The fraction of sp³-hybridized carbons (Fsp3) is 0. The lowest BCUT2D eigenvalue weighted by atomic mass is 9.94. The van der Waals surface area contributed by atoms with Crippen LogP contribution in [0.3, 0.4) is 0 Å². The number of furan rings is 1. The second-order valence-electron chi connectivity index (χ2n) is 10.1. The molecular formula is C38H24OS. The summed E-state index contributed by atoms with van der Waals surface area (Å²) in [7, 11) is 0. The van der Waals surface area contributed by atoms with Gasteiger partial charge in [-0.2, -0.15) is 0 Å². The predicted octanol–water partition coefficient (Wildman–Crippen LogP) is 11.2. The second kappa shape index (κ2) is 9.44. The normalized spacial score (nSPS) is 11.9. The molecule has 0 fully saturated rings. The van der Waals surface area contributed by atoms with Gasteiger partial charge in [0.25, 0.3) is 0 Å². The van der Waals surface area contributed by atoms with Gasteiger partial charge in [0.1, 0.15) is 11.5 Å². The lowest BCUT2D eigenvalue weighted by Gasteiger charge is -2.21. The van der Waals surface area contributed by atoms with E-state index >= 15 is 0 Å². The number of hydrogen-bond donors (Lipinski definition) is 0. The highest BCUT2D eigenvalue weighted by Crippen LogP contribution is 2.50. The van der Waals surface area contributed by atoms with Gasteiger partial charge in [0.05, 0.1) is 0 Å². The van der Waals surface area contributed by atoms with Gasteiger partial charge in [-0.1, -0.05) is 127 Å². The summed E-state index contributed by atoms with van der Waals surface area (Å²) in [6.45, 7) is 0. The zero-order chi connectivity index (χ0) is 26.5. The molecule has 0 saturated heterocycles. The fourth-order valence-corrected chi connectivity index (χ4v) is 6.97. The van der Waals surface area contributed by atoms with Crippen molar-refractivity contribution in [3.8, 4) is 56.0 Å². The van der Waals surface area contributed by atoms with Gasteiger partial charge in [-0.25, -0.2) is 0 Å². The number of fused-ring (bicyclic) bond motifs is 2. The molecule has 0 unspecified atom stereocenters. The van der Waals surface area contributed by atoms with E-state index in [0.29, 0.717) is 0 Å². The third-order valence-electron chi connectivity index (χ3n) is 7.77. The molecule has 188 valence electrons. The zero-order valence-electron chi connectivity index (χ0n) is 21.7. The van der Waals surface area contributed by atoms with Crippen molar-refractivity contribution in [2.75, 3.05) is 0 Å². The van der Waals surface area contributed by atoms with Crippen LogP contribution >= 0.6 is 11.8 Å². The van der Waals surface area contributed by atoms with Gasteiger partial charge < -0.3 is 4.42 Å². The number of benzene rings is 6. The van der Waals surface area contributed by atoms with Gasteiger partial charge in [0.2, 0.25) is 0 Å². The molecule has 1 aliphatic heterocycles. The molecule has 8 rings (SSSR count). The lowest BCUT2D eigenvalue weighted by Crippen LogP contribution is -1.93. The summed E-state index contributed by atoms with van der Waals surface area (Å²) in [6.07, 6.45) is 0.